The van der Waals surface area contributed by atoms with Gasteiger partial charge in [-0.15, -0.1) is 0 Å². The maximum Gasteiger partial charge on any atom is 0.184 e. The molecule has 0 heterocycles. The lowest BCUT2D eigenvalue weighted by Crippen LogP contribution is -2.24. The lowest BCUT2D eigenvalue weighted by Gasteiger charge is -2.03. The first-order chi connectivity index (χ1) is 7.02. The lowest BCUT2D eigenvalue weighted by molar-refractivity contribution is 0.474. The van der Waals surface area contributed by atoms with Gasteiger partial charge >= 0.3 is 0 Å². The van der Waals surface area contributed by atoms with Crippen LogP contribution < -0.4 is 11.2 Å². The van der Waals surface area contributed by atoms with Gasteiger partial charge in [-0.05, 0) is 40.3 Å². The van der Waals surface area contributed by atoms with Crippen LogP contribution in [0.15, 0.2) is 21.7 Å². The number of hydrogen-bond acceptors (Lipinski definition) is 3. The molecule has 1 rings (SSSR count). The van der Waals surface area contributed by atoms with Crippen molar-refractivity contribution < 1.29 is 5.11 Å². The van der Waals surface area contributed by atoms with Crippen LogP contribution in [0.3, 0.4) is 0 Å². The highest BCUT2D eigenvalue weighted by atomic mass is 79.9. The monoisotopic (exact) mass is 307 g/mol. The third-order valence-electron chi connectivity index (χ3n) is 1.48. The number of nitrogens with two attached hydrogens (primary N) is 1. The zero-order valence-corrected chi connectivity index (χ0v) is 10.5. The number of hydrazone groups is 1. The van der Waals surface area contributed by atoms with Crippen molar-refractivity contribution in [3.8, 4) is 5.75 Å². The Labute approximate surface area is 105 Å². The van der Waals surface area contributed by atoms with Crippen molar-refractivity contribution in [2.24, 2.45) is 10.8 Å². The highest BCUT2D eigenvalue weighted by Crippen LogP contribution is 2.31. The predicted octanol–water partition coefficient (Wildman–Crippen LogP) is 1.98. The van der Waals surface area contributed by atoms with E-state index in [0.29, 0.717) is 10.0 Å². The van der Waals surface area contributed by atoms with Crippen molar-refractivity contribution in [1.29, 1.82) is 0 Å². The Balaban J connectivity index is 2.98. The van der Waals surface area contributed by atoms with E-state index < -0.39 is 0 Å². The van der Waals surface area contributed by atoms with E-state index in [1.807, 2.05) is 0 Å². The van der Waals surface area contributed by atoms with Crippen LogP contribution in [0.1, 0.15) is 5.56 Å². The van der Waals surface area contributed by atoms with Crippen molar-refractivity contribution in [2.75, 3.05) is 0 Å². The maximum absolute atomic E-state index is 9.60. The zero-order chi connectivity index (χ0) is 11.4. The third kappa shape index (κ3) is 3.33. The van der Waals surface area contributed by atoms with Crippen LogP contribution in [0.25, 0.3) is 0 Å². The second kappa shape index (κ2) is 5.29. The standard InChI is InChI=1S/C8H7BrClN3OS/c9-5-1-2-6(10)7(14)4(5)3-12-13-8(11)15/h1-3,14H,(H3,11,13,15). The molecular formula is C8H7BrClN3OS. The SMILES string of the molecule is NC(=S)NN=Cc1c(Br)ccc(Cl)c1O. The summed E-state index contributed by atoms with van der Waals surface area (Å²) in [4.78, 5) is 0. The Morgan fingerprint density at radius 3 is 2.93 bits per heavy atom. The minimum Gasteiger partial charge on any atom is -0.506 e. The molecule has 0 bridgehead atoms. The Hall–Kier alpha value is -0.850. The van der Waals surface area contributed by atoms with Gasteiger partial charge in [0.05, 0.1) is 16.8 Å². The fourth-order valence-corrected chi connectivity index (χ4v) is 1.48. The highest BCUT2D eigenvalue weighted by molar-refractivity contribution is 9.10. The predicted molar refractivity (Wildman–Crippen MR) is 68.3 cm³/mol. The number of nitrogens with zero attached hydrogens (tertiary/aromatic N) is 1. The van der Waals surface area contributed by atoms with E-state index in [9.17, 15) is 5.11 Å². The number of rotatable bonds is 2. The first-order valence-electron chi connectivity index (χ1n) is 3.78. The Kier molecular flexibility index (Phi) is 4.31. The zero-order valence-electron chi connectivity index (χ0n) is 7.37. The van der Waals surface area contributed by atoms with E-state index >= 15 is 0 Å². The smallest absolute Gasteiger partial charge is 0.184 e. The van der Waals surface area contributed by atoms with Gasteiger partial charge in [-0.1, -0.05) is 11.6 Å². The summed E-state index contributed by atoms with van der Waals surface area (Å²) in [6.45, 7) is 0. The van der Waals surface area contributed by atoms with Crippen LogP contribution >= 0.6 is 39.7 Å². The average Bonchev–Trinajstić information content (AvgIpc) is 2.17. The molecule has 7 heteroatoms. The Morgan fingerprint density at radius 2 is 2.33 bits per heavy atom. The van der Waals surface area contributed by atoms with Gasteiger partial charge in [-0.3, -0.25) is 5.43 Å². The summed E-state index contributed by atoms with van der Waals surface area (Å²) in [6, 6.07) is 3.27. The van der Waals surface area contributed by atoms with Crippen LogP contribution in [0.2, 0.25) is 5.02 Å². The Bertz CT molecular complexity index is 425. The molecule has 0 spiro atoms. The van der Waals surface area contributed by atoms with E-state index in [0.717, 1.165) is 0 Å². The van der Waals surface area contributed by atoms with Gasteiger partial charge in [0, 0.05) is 4.47 Å². The molecule has 1 aromatic carbocycles. The normalized spacial score (nSPS) is 10.5. The van der Waals surface area contributed by atoms with Crippen LogP contribution in [-0.4, -0.2) is 16.4 Å². The van der Waals surface area contributed by atoms with Gasteiger partial charge in [-0.2, -0.15) is 5.10 Å². The molecule has 0 fully saturated rings. The van der Waals surface area contributed by atoms with E-state index in [2.05, 4.69) is 38.7 Å². The van der Waals surface area contributed by atoms with Crippen molar-refractivity contribution in [1.82, 2.24) is 5.43 Å². The molecule has 4 nitrogen and oxygen atoms in total. The molecule has 0 aliphatic carbocycles. The van der Waals surface area contributed by atoms with Crippen LogP contribution in [-0.2, 0) is 0 Å². The molecule has 15 heavy (non-hydrogen) atoms. The number of phenolic OH excluding ortho intramolecular Hbond substituents is 1. The summed E-state index contributed by atoms with van der Waals surface area (Å²) in [7, 11) is 0. The minimum absolute atomic E-state index is 0.0453. The number of hydrogen-bond donors (Lipinski definition) is 3. The lowest BCUT2D eigenvalue weighted by atomic mass is 10.2. The number of aromatic hydroxyl groups is 1. The molecule has 80 valence electrons. The molecule has 0 saturated carbocycles. The van der Waals surface area contributed by atoms with Crippen molar-refractivity contribution in [2.45, 2.75) is 0 Å². The molecule has 0 aliphatic heterocycles. The molecule has 0 aliphatic rings. The van der Waals surface area contributed by atoms with Gasteiger partial charge in [0.25, 0.3) is 0 Å². The Morgan fingerprint density at radius 1 is 1.67 bits per heavy atom. The first kappa shape index (κ1) is 12.2. The second-order valence-corrected chi connectivity index (χ2v) is 4.23. The van der Waals surface area contributed by atoms with Crippen molar-refractivity contribution >= 4 is 51.1 Å². The van der Waals surface area contributed by atoms with Crippen molar-refractivity contribution in [3.63, 3.8) is 0 Å². The fraction of sp³-hybridized carbons (Fsp3) is 0. The van der Waals surface area contributed by atoms with Gasteiger partial charge in [0.15, 0.2) is 5.11 Å². The molecule has 0 unspecified atom stereocenters. The van der Waals surface area contributed by atoms with Gasteiger partial charge < -0.3 is 10.8 Å². The molecule has 0 saturated heterocycles. The number of phenols is 1. The topological polar surface area (TPSA) is 70.6 Å². The summed E-state index contributed by atoms with van der Waals surface area (Å²) >= 11 is 13.5. The molecule has 0 radical (unpaired) electrons. The molecule has 0 aromatic heterocycles. The van der Waals surface area contributed by atoms with Gasteiger partial charge in [0.1, 0.15) is 5.75 Å². The third-order valence-corrected chi connectivity index (χ3v) is 2.57. The second-order valence-electron chi connectivity index (χ2n) is 2.53. The van der Waals surface area contributed by atoms with E-state index in [1.165, 1.54) is 6.21 Å². The minimum atomic E-state index is -0.0560. The largest absolute Gasteiger partial charge is 0.506 e. The van der Waals surface area contributed by atoms with Crippen molar-refractivity contribution in [3.05, 3.63) is 27.2 Å². The van der Waals surface area contributed by atoms with Gasteiger partial charge in [-0.25, -0.2) is 0 Å². The first-order valence-corrected chi connectivity index (χ1v) is 5.35. The summed E-state index contributed by atoms with van der Waals surface area (Å²) in [5.74, 6) is -0.0560. The number of halogens is 2. The molecule has 1 aromatic rings. The van der Waals surface area contributed by atoms with E-state index in [1.54, 1.807) is 12.1 Å². The van der Waals surface area contributed by atoms with Crippen LogP contribution in [0, 0.1) is 0 Å². The maximum atomic E-state index is 9.60. The number of thiocarbonyl (C=S) groups is 1. The number of nitrogens with one attached hydrogen (secondary N) is 1. The van der Waals surface area contributed by atoms with Crippen LogP contribution in [0.4, 0.5) is 0 Å². The van der Waals surface area contributed by atoms with Gasteiger partial charge in [0.2, 0.25) is 0 Å². The summed E-state index contributed by atoms with van der Waals surface area (Å²) < 4.78 is 0.665. The quantitative estimate of drug-likeness (QED) is 0.444. The molecule has 4 N–H and O–H groups in total. The number of benzene rings is 1. The molecule has 0 amide bonds. The summed E-state index contributed by atoms with van der Waals surface area (Å²) in [6.07, 6.45) is 1.37. The van der Waals surface area contributed by atoms with E-state index in [-0.39, 0.29) is 15.9 Å². The average molecular weight is 309 g/mol. The van der Waals surface area contributed by atoms with E-state index in [4.69, 9.17) is 17.3 Å². The molecular weight excluding hydrogens is 302 g/mol. The molecule has 0 atom stereocenters. The fourth-order valence-electron chi connectivity index (χ4n) is 0.840. The summed E-state index contributed by atoms with van der Waals surface area (Å²) in [5, 5.41) is 13.6. The highest BCUT2D eigenvalue weighted by Gasteiger charge is 2.07. The summed E-state index contributed by atoms with van der Waals surface area (Å²) in [5.41, 5.74) is 7.99. The van der Waals surface area contributed by atoms with Crippen LogP contribution in [0.5, 0.6) is 5.75 Å².